The van der Waals surface area contributed by atoms with Crippen LogP contribution in [-0.2, 0) is 4.79 Å². The number of ether oxygens (including phenoxy) is 1. The quantitative estimate of drug-likeness (QED) is 0.629. The first kappa shape index (κ1) is 15.3. The number of para-hydroxylation sites is 1. The summed E-state index contributed by atoms with van der Waals surface area (Å²) >= 11 is 0. The Balaban J connectivity index is 1.67. The minimum Gasteiger partial charge on any atom is -0.494 e. The van der Waals surface area contributed by atoms with Gasteiger partial charge in [0.2, 0.25) is 0 Å². The fourth-order valence-corrected chi connectivity index (χ4v) is 2.97. The lowest BCUT2D eigenvalue weighted by Crippen LogP contribution is -2.31. The van der Waals surface area contributed by atoms with E-state index in [1.807, 2.05) is 50.2 Å². The van der Waals surface area contributed by atoms with E-state index < -0.39 is 11.7 Å². The summed E-state index contributed by atoms with van der Waals surface area (Å²) in [4.78, 5) is 26.0. The minimum atomic E-state index is -0.437. The van der Waals surface area contributed by atoms with Gasteiger partial charge in [-0.25, -0.2) is 0 Å². The average molecular weight is 309 g/mol. The zero-order valence-corrected chi connectivity index (χ0v) is 13.3. The van der Waals surface area contributed by atoms with Crippen LogP contribution in [0.3, 0.4) is 0 Å². The molecule has 0 saturated carbocycles. The number of fused-ring (bicyclic) bond motifs is 1. The monoisotopic (exact) mass is 309 g/mol. The summed E-state index contributed by atoms with van der Waals surface area (Å²) < 4.78 is 5.64. The van der Waals surface area contributed by atoms with Gasteiger partial charge in [-0.3, -0.25) is 9.59 Å². The van der Waals surface area contributed by atoms with E-state index in [4.69, 9.17) is 4.74 Å². The molecule has 4 nitrogen and oxygen atoms in total. The van der Waals surface area contributed by atoms with Crippen LogP contribution >= 0.6 is 0 Å². The molecule has 0 spiro atoms. The Morgan fingerprint density at radius 3 is 2.52 bits per heavy atom. The predicted molar refractivity (Wildman–Crippen MR) is 89.2 cm³/mol. The zero-order valence-electron chi connectivity index (χ0n) is 13.3. The Morgan fingerprint density at radius 2 is 1.78 bits per heavy atom. The van der Waals surface area contributed by atoms with Crippen molar-refractivity contribution in [1.82, 2.24) is 0 Å². The molecule has 23 heavy (non-hydrogen) atoms. The van der Waals surface area contributed by atoms with Gasteiger partial charge in [0, 0.05) is 6.54 Å². The molecule has 0 fully saturated rings. The molecule has 2 aromatic carbocycles. The molecule has 0 bridgehead atoms. The third kappa shape index (κ3) is 2.97. The molecule has 0 N–H and O–H groups in total. The van der Waals surface area contributed by atoms with Crippen molar-refractivity contribution >= 4 is 17.4 Å². The van der Waals surface area contributed by atoms with Crippen molar-refractivity contribution in [2.24, 2.45) is 0 Å². The third-order valence-electron chi connectivity index (χ3n) is 3.94. The molecule has 0 saturated heterocycles. The number of nitrogens with zero attached hydrogens (tertiary/aromatic N) is 1. The largest absolute Gasteiger partial charge is 0.494 e. The summed E-state index contributed by atoms with van der Waals surface area (Å²) in [6.07, 6.45) is 0.667. The van der Waals surface area contributed by atoms with Crippen LogP contribution in [0.1, 0.15) is 27.9 Å². The number of carbonyl (C=O) groups is 2. The van der Waals surface area contributed by atoms with E-state index in [1.54, 1.807) is 11.0 Å². The van der Waals surface area contributed by atoms with E-state index in [0.717, 1.165) is 22.6 Å². The van der Waals surface area contributed by atoms with Crippen molar-refractivity contribution in [2.45, 2.75) is 20.3 Å². The Kier molecular flexibility index (Phi) is 4.15. The maximum Gasteiger partial charge on any atom is 0.299 e. The molecule has 0 aromatic heterocycles. The zero-order chi connectivity index (χ0) is 16.4. The van der Waals surface area contributed by atoms with Gasteiger partial charge in [0.25, 0.3) is 11.7 Å². The van der Waals surface area contributed by atoms with E-state index >= 15 is 0 Å². The van der Waals surface area contributed by atoms with E-state index in [-0.39, 0.29) is 0 Å². The van der Waals surface area contributed by atoms with Gasteiger partial charge in [0.15, 0.2) is 0 Å². The van der Waals surface area contributed by atoms with Crippen LogP contribution in [0.4, 0.5) is 5.69 Å². The minimum absolute atomic E-state index is 0.407. The average Bonchev–Trinajstić information content (AvgIpc) is 2.77. The number of anilines is 1. The van der Waals surface area contributed by atoms with Gasteiger partial charge in [-0.05, 0) is 49.6 Å². The maximum absolute atomic E-state index is 12.2. The lowest BCUT2D eigenvalue weighted by molar-refractivity contribution is -0.114. The first-order valence-corrected chi connectivity index (χ1v) is 7.73. The highest BCUT2D eigenvalue weighted by atomic mass is 16.5. The number of benzene rings is 2. The normalized spacial score (nSPS) is 13.4. The van der Waals surface area contributed by atoms with Crippen molar-refractivity contribution in [1.29, 1.82) is 0 Å². The number of Topliss-reactive ketones (excluding diaryl/α,β-unsaturated/α-hetero) is 1. The predicted octanol–water partition coefficient (Wildman–Crippen LogP) is 3.30. The first-order chi connectivity index (χ1) is 11.1. The number of hydrogen-bond donors (Lipinski definition) is 0. The number of rotatable bonds is 5. The van der Waals surface area contributed by atoms with Crippen LogP contribution in [0.2, 0.25) is 0 Å². The number of ketones is 1. The van der Waals surface area contributed by atoms with Crippen molar-refractivity contribution in [2.75, 3.05) is 18.1 Å². The van der Waals surface area contributed by atoms with Gasteiger partial charge in [-0.2, -0.15) is 0 Å². The van der Waals surface area contributed by atoms with E-state index in [9.17, 15) is 9.59 Å². The highest BCUT2D eigenvalue weighted by Crippen LogP contribution is 2.33. The summed E-state index contributed by atoms with van der Waals surface area (Å²) in [5, 5.41) is 0. The second-order valence-electron chi connectivity index (χ2n) is 5.78. The highest BCUT2D eigenvalue weighted by Gasteiger charge is 2.36. The molecule has 0 radical (unpaired) electrons. The van der Waals surface area contributed by atoms with Crippen LogP contribution in [0.5, 0.6) is 5.75 Å². The van der Waals surface area contributed by atoms with Crippen molar-refractivity contribution in [3.63, 3.8) is 0 Å². The number of hydrogen-bond acceptors (Lipinski definition) is 3. The highest BCUT2D eigenvalue weighted by molar-refractivity contribution is 6.52. The lowest BCUT2D eigenvalue weighted by atomic mass is 10.0. The Morgan fingerprint density at radius 1 is 1.04 bits per heavy atom. The Labute approximate surface area is 135 Å². The second kappa shape index (κ2) is 6.24. The molecule has 0 atom stereocenters. The van der Waals surface area contributed by atoms with Gasteiger partial charge in [0.05, 0.1) is 17.9 Å². The third-order valence-corrected chi connectivity index (χ3v) is 3.94. The maximum atomic E-state index is 12.2. The van der Waals surface area contributed by atoms with E-state index in [0.29, 0.717) is 25.1 Å². The van der Waals surface area contributed by atoms with Crippen LogP contribution in [0.15, 0.2) is 42.5 Å². The molecule has 0 unspecified atom stereocenters. The van der Waals surface area contributed by atoms with E-state index in [2.05, 4.69) is 0 Å². The number of amides is 1. The van der Waals surface area contributed by atoms with E-state index in [1.165, 1.54) is 0 Å². The Hall–Kier alpha value is -2.62. The molecule has 0 aliphatic carbocycles. The van der Waals surface area contributed by atoms with Gasteiger partial charge >= 0.3 is 0 Å². The molecule has 118 valence electrons. The van der Waals surface area contributed by atoms with Crippen molar-refractivity contribution < 1.29 is 14.3 Å². The van der Waals surface area contributed by atoms with Crippen molar-refractivity contribution in [3.8, 4) is 5.75 Å². The first-order valence-electron chi connectivity index (χ1n) is 7.73. The topological polar surface area (TPSA) is 46.6 Å². The number of aryl methyl sites for hydroxylation is 2. The lowest BCUT2D eigenvalue weighted by Gasteiger charge is -2.18. The summed E-state index contributed by atoms with van der Waals surface area (Å²) in [7, 11) is 0. The van der Waals surface area contributed by atoms with Gasteiger partial charge < -0.3 is 9.64 Å². The fraction of sp³-hybridized carbons (Fsp3) is 0.263. The van der Waals surface area contributed by atoms with Crippen molar-refractivity contribution in [3.05, 3.63) is 59.2 Å². The summed E-state index contributed by atoms with van der Waals surface area (Å²) in [6.45, 7) is 4.85. The van der Waals surface area contributed by atoms with Gasteiger partial charge in [0.1, 0.15) is 5.75 Å². The fourth-order valence-electron chi connectivity index (χ4n) is 2.97. The number of carbonyl (C=O) groups excluding carboxylic acids is 2. The summed E-state index contributed by atoms with van der Waals surface area (Å²) in [5.41, 5.74) is 3.24. The molecule has 1 amide bonds. The smallest absolute Gasteiger partial charge is 0.299 e. The van der Waals surface area contributed by atoms with Crippen LogP contribution < -0.4 is 9.64 Å². The van der Waals surface area contributed by atoms with Crippen LogP contribution in [0.25, 0.3) is 0 Å². The SMILES string of the molecule is Cc1cc(C)c2c(c1)C(=O)C(=O)N2CCCOc1ccccc1. The molecule has 1 aliphatic rings. The molecule has 2 aromatic rings. The van der Waals surface area contributed by atoms with Crippen LogP contribution in [0, 0.1) is 13.8 Å². The summed E-state index contributed by atoms with van der Waals surface area (Å²) in [6, 6.07) is 13.4. The molecular weight excluding hydrogens is 290 g/mol. The second-order valence-corrected chi connectivity index (χ2v) is 5.78. The molecule has 1 heterocycles. The molecule has 4 heteroatoms. The molecule has 3 rings (SSSR count). The van der Waals surface area contributed by atoms with Gasteiger partial charge in [-0.1, -0.05) is 24.3 Å². The molecule has 1 aliphatic heterocycles. The Bertz CT molecular complexity index is 753. The molecular formula is C19H19NO3. The standard InChI is InChI=1S/C19H19NO3/c1-13-11-14(2)17-16(12-13)18(21)19(22)20(17)9-6-10-23-15-7-4-3-5-8-15/h3-5,7-8,11-12H,6,9-10H2,1-2H3. The summed E-state index contributed by atoms with van der Waals surface area (Å²) in [5.74, 6) is -0.0345. The van der Waals surface area contributed by atoms with Crippen LogP contribution in [-0.4, -0.2) is 24.8 Å². The van der Waals surface area contributed by atoms with Gasteiger partial charge in [-0.15, -0.1) is 0 Å².